The van der Waals surface area contributed by atoms with Crippen molar-refractivity contribution in [3.63, 3.8) is 0 Å². The third kappa shape index (κ3) is 3.28. The molecule has 0 fully saturated rings. The highest BCUT2D eigenvalue weighted by Gasteiger charge is 2.21. The van der Waals surface area contributed by atoms with Crippen molar-refractivity contribution in [1.82, 2.24) is 5.32 Å². The first-order valence-electron chi connectivity index (χ1n) is 6.83. The average Bonchev–Trinajstić information content (AvgIpc) is 3.17. The van der Waals surface area contributed by atoms with Crippen LogP contribution < -0.4 is 5.32 Å². The fourth-order valence-corrected chi connectivity index (χ4v) is 2.66. The monoisotopic (exact) mass is 345 g/mol. The van der Waals surface area contributed by atoms with Gasteiger partial charge >= 0.3 is 0 Å². The van der Waals surface area contributed by atoms with Crippen molar-refractivity contribution < 1.29 is 8.83 Å². The largest absolute Gasteiger partial charge is 0.467 e. The van der Waals surface area contributed by atoms with E-state index in [1.165, 1.54) is 0 Å². The van der Waals surface area contributed by atoms with Gasteiger partial charge in [-0.25, -0.2) is 0 Å². The Kier molecular flexibility index (Phi) is 4.27. The van der Waals surface area contributed by atoms with E-state index in [1.807, 2.05) is 42.5 Å². The molecule has 0 radical (unpaired) electrons. The van der Waals surface area contributed by atoms with Gasteiger partial charge in [-0.1, -0.05) is 30.3 Å². The Morgan fingerprint density at radius 1 is 0.952 bits per heavy atom. The summed E-state index contributed by atoms with van der Waals surface area (Å²) < 4.78 is 11.9. The van der Waals surface area contributed by atoms with Crippen molar-refractivity contribution in [1.29, 1.82) is 0 Å². The van der Waals surface area contributed by atoms with Crippen LogP contribution in [-0.4, -0.2) is 0 Å². The maximum absolute atomic E-state index is 5.62. The molecule has 1 N–H and O–H groups in total. The summed E-state index contributed by atoms with van der Waals surface area (Å²) in [5.74, 6) is 1.77. The van der Waals surface area contributed by atoms with Crippen LogP contribution in [0, 0.1) is 0 Å². The predicted octanol–water partition coefficient (Wildman–Crippen LogP) is 5.08. The summed E-state index contributed by atoms with van der Waals surface area (Å²) in [6.07, 6.45) is 1.70. The van der Waals surface area contributed by atoms with E-state index < -0.39 is 0 Å². The third-order valence-electron chi connectivity index (χ3n) is 3.40. The molecule has 0 saturated heterocycles. The van der Waals surface area contributed by atoms with E-state index in [4.69, 9.17) is 8.83 Å². The number of furan rings is 2. The standard InChI is InChI=1S/C17H16BrNO2/c1-12(14-9-10-16(18)21-14)19-17(15-8-5-11-20-15)13-6-3-2-4-7-13/h2-12,17,19H,1H3. The lowest BCUT2D eigenvalue weighted by Gasteiger charge is -2.21. The molecule has 21 heavy (non-hydrogen) atoms. The van der Waals surface area contributed by atoms with E-state index in [0.717, 1.165) is 21.8 Å². The first-order valence-corrected chi connectivity index (χ1v) is 7.63. The summed E-state index contributed by atoms with van der Waals surface area (Å²) in [6.45, 7) is 2.07. The zero-order valence-corrected chi connectivity index (χ0v) is 13.2. The number of halogens is 1. The molecule has 108 valence electrons. The van der Waals surface area contributed by atoms with E-state index >= 15 is 0 Å². The van der Waals surface area contributed by atoms with Gasteiger partial charge in [0.1, 0.15) is 11.5 Å². The Bertz CT molecular complexity index is 676. The topological polar surface area (TPSA) is 38.3 Å². The maximum Gasteiger partial charge on any atom is 0.169 e. The summed E-state index contributed by atoms with van der Waals surface area (Å²) in [5, 5.41) is 3.56. The molecule has 0 bridgehead atoms. The molecule has 2 aromatic heterocycles. The summed E-state index contributed by atoms with van der Waals surface area (Å²) >= 11 is 3.34. The van der Waals surface area contributed by atoms with E-state index in [2.05, 4.69) is 40.3 Å². The van der Waals surface area contributed by atoms with Gasteiger partial charge in [0.2, 0.25) is 0 Å². The number of hydrogen-bond donors (Lipinski definition) is 1. The molecule has 4 heteroatoms. The normalized spacial score (nSPS) is 14.0. The Labute approximate surface area is 132 Å². The molecular weight excluding hydrogens is 330 g/mol. The van der Waals surface area contributed by atoms with Crippen LogP contribution in [0.5, 0.6) is 0 Å². The SMILES string of the molecule is CC(NC(c1ccccc1)c1ccco1)c1ccc(Br)o1. The zero-order chi connectivity index (χ0) is 14.7. The van der Waals surface area contributed by atoms with Crippen molar-refractivity contribution in [2.45, 2.75) is 19.0 Å². The summed E-state index contributed by atoms with van der Waals surface area (Å²) in [6, 6.07) is 18.0. The minimum absolute atomic E-state index is 0.0138. The van der Waals surface area contributed by atoms with Gasteiger partial charge < -0.3 is 8.83 Å². The molecule has 0 aliphatic heterocycles. The summed E-state index contributed by atoms with van der Waals surface area (Å²) in [5.41, 5.74) is 1.16. The molecule has 0 amide bonds. The molecule has 1 aromatic carbocycles. The van der Waals surface area contributed by atoms with Crippen LogP contribution in [0.4, 0.5) is 0 Å². The molecule has 2 atom stereocenters. The Balaban J connectivity index is 1.86. The highest BCUT2D eigenvalue weighted by molar-refractivity contribution is 9.10. The van der Waals surface area contributed by atoms with Crippen molar-refractivity contribution in [3.05, 3.63) is 82.6 Å². The lowest BCUT2D eigenvalue weighted by Crippen LogP contribution is -2.25. The highest BCUT2D eigenvalue weighted by atomic mass is 79.9. The Morgan fingerprint density at radius 3 is 2.38 bits per heavy atom. The molecule has 2 heterocycles. The first kappa shape index (κ1) is 14.2. The van der Waals surface area contributed by atoms with Crippen molar-refractivity contribution in [2.24, 2.45) is 0 Å². The van der Waals surface area contributed by atoms with Crippen LogP contribution in [-0.2, 0) is 0 Å². The van der Waals surface area contributed by atoms with E-state index in [9.17, 15) is 0 Å². The van der Waals surface area contributed by atoms with Crippen LogP contribution >= 0.6 is 15.9 Å². The molecule has 3 rings (SSSR count). The maximum atomic E-state index is 5.62. The van der Waals surface area contributed by atoms with Gasteiger partial charge in [0, 0.05) is 0 Å². The fourth-order valence-electron chi connectivity index (χ4n) is 2.34. The molecule has 0 aliphatic carbocycles. The first-order chi connectivity index (χ1) is 10.2. The van der Waals surface area contributed by atoms with Gasteiger partial charge in [0.25, 0.3) is 0 Å². The van der Waals surface area contributed by atoms with Crippen LogP contribution in [0.25, 0.3) is 0 Å². The van der Waals surface area contributed by atoms with Gasteiger partial charge in [-0.15, -0.1) is 0 Å². The van der Waals surface area contributed by atoms with Crippen LogP contribution in [0.2, 0.25) is 0 Å². The smallest absolute Gasteiger partial charge is 0.169 e. The van der Waals surface area contributed by atoms with Gasteiger partial charge in [0.05, 0.1) is 18.3 Å². The minimum Gasteiger partial charge on any atom is -0.467 e. The zero-order valence-electron chi connectivity index (χ0n) is 11.6. The average molecular weight is 346 g/mol. The minimum atomic E-state index is -0.0138. The van der Waals surface area contributed by atoms with E-state index in [-0.39, 0.29) is 12.1 Å². The molecular formula is C17H16BrNO2. The van der Waals surface area contributed by atoms with Crippen LogP contribution in [0.15, 0.2) is 74.4 Å². The van der Waals surface area contributed by atoms with Crippen molar-refractivity contribution in [2.75, 3.05) is 0 Å². The van der Waals surface area contributed by atoms with Gasteiger partial charge in [0.15, 0.2) is 4.67 Å². The van der Waals surface area contributed by atoms with E-state index in [1.54, 1.807) is 6.26 Å². The van der Waals surface area contributed by atoms with Crippen molar-refractivity contribution in [3.8, 4) is 0 Å². The molecule has 0 aliphatic rings. The molecule has 0 spiro atoms. The number of benzene rings is 1. The lowest BCUT2D eigenvalue weighted by molar-refractivity contribution is 0.373. The van der Waals surface area contributed by atoms with Gasteiger partial charge in [-0.2, -0.15) is 0 Å². The number of hydrogen-bond acceptors (Lipinski definition) is 3. The lowest BCUT2D eigenvalue weighted by atomic mass is 10.0. The number of nitrogens with one attached hydrogen (secondary N) is 1. The highest BCUT2D eigenvalue weighted by Crippen LogP contribution is 2.27. The van der Waals surface area contributed by atoms with Crippen LogP contribution in [0.1, 0.15) is 36.1 Å². The van der Waals surface area contributed by atoms with Gasteiger partial charge in [-0.3, -0.25) is 5.32 Å². The second-order valence-electron chi connectivity index (χ2n) is 4.89. The van der Waals surface area contributed by atoms with Crippen molar-refractivity contribution >= 4 is 15.9 Å². The summed E-state index contributed by atoms with van der Waals surface area (Å²) in [4.78, 5) is 0. The molecule has 3 nitrogen and oxygen atoms in total. The number of rotatable bonds is 5. The summed E-state index contributed by atoms with van der Waals surface area (Å²) in [7, 11) is 0. The molecule has 2 unspecified atom stereocenters. The molecule has 0 saturated carbocycles. The third-order valence-corrected chi connectivity index (χ3v) is 3.82. The van der Waals surface area contributed by atoms with Crippen LogP contribution in [0.3, 0.4) is 0 Å². The van der Waals surface area contributed by atoms with E-state index in [0.29, 0.717) is 0 Å². The Hall–Kier alpha value is -1.78. The second-order valence-corrected chi connectivity index (χ2v) is 5.67. The fraction of sp³-hybridized carbons (Fsp3) is 0.176. The quantitative estimate of drug-likeness (QED) is 0.701. The van der Waals surface area contributed by atoms with Gasteiger partial charge in [-0.05, 0) is 52.7 Å². The molecule has 3 aromatic rings. The Morgan fingerprint density at radius 2 is 1.76 bits per heavy atom. The second kappa shape index (κ2) is 6.33. The predicted molar refractivity (Wildman–Crippen MR) is 85.0 cm³/mol.